The van der Waals surface area contributed by atoms with E-state index in [0.29, 0.717) is 6.42 Å². The molecule has 0 aromatic carbocycles. The van der Waals surface area contributed by atoms with Crippen LogP contribution in [0.3, 0.4) is 0 Å². The molecule has 69 heavy (non-hydrogen) atoms. The number of unbranched alkanes of at least 4 members (excludes halogenated alkanes) is 1. The number of carboxylic acid groups (broad SMARTS) is 5. The number of hydrogen-bond donors (Lipinski definition) is 18. The first-order valence-corrected chi connectivity index (χ1v) is 20.2. The number of rotatable bonds is 34. The van der Waals surface area contributed by atoms with Gasteiger partial charge in [0.15, 0.2) is 0 Å². The van der Waals surface area contributed by atoms with Gasteiger partial charge in [0.05, 0.1) is 51.2 Å². The van der Waals surface area contributed by atoms with Crippen LogP contribution < -0.4 is 65.5 Å². The maximum atomic E-state index is 13.5. The van der Waals surface area contributed by atoms with Crippen LogP contribution in [0.2, 0.25) is 0 Å². The molecule has 9 atom stereocenters. The smallest absolute Gasteiger partial charge is 0.326 e. The van der Waals surface area contributed by atoms with E-state index in [4.69, 9.17) is 22.9 Å². The fraction of sp³-hybridized carbons (Fsp3) is 0.583. The van der Waals surface area contributed by atoms with Crippen LogP contribution in [0, 0.1) is 0 Å². The van der Waals surface area contributed by atoms with Crippen LogP contribution in [-0.4, -0.2) is 187 Å². The second kappa shape index (κ2) is 30.3. The highest BCUT2D eigenvalue weighted by Crippen LogP contribution is 2.07. The molecular formula is C36H56N12O21. The van der Waals surface area contributed by atoms with Crippen molar-refractivity contribution in [3.63, 3.8) is 0 Å². The van der Waals surface area contributed by atoms with Crippen LogP contribution in [0.25, 0.3) is 0 Å². The topological polar surface area (TPSA) is 578 Å². The third-order valence-corrected chi connectivity index (χ3v) is 8.91. The highest BCUT2D eigenvalue weighted by molar-refractivity contribution is 6.01. The zero-order chi connectivity index (χ0) is 53.3. The SMILES string of the molecule is C[C@H](N)C(=O)N[C@@H](CO)C(=O)N[C@@H](CC(N)=O)C(=O)N[C@@H](CC(N)=O)C(=O)N[C@@H](CC(=O)O)C(=O)N[C@@H](CC(=O)O)C(=O)N[C@@H](CC(=O)O)C(=O)N[C@@H](CC(=O)O)C(=O)N[C@@H](CCCCN)C(=O)O. The molecule has 0 aliphatic heterocycles. The van der Waals surface area contributed by atoms with Crippen molar-refractivity contribution in [2.45, 2.75) is 119 Å². The second-order valence-electron chi connectivity index (χ2n) is 14.8. The van der Waals surface area contributed by atoms with Crippen LogP contribution in [0.15, 0.2) is 0 Å². The summed E-state index contributed by atoms with van der Waals surface area (Å²) in [6, 6.07) is -17.9. The number of nitrogens with one attached hydrogen (secondary N) is 8. The van der Waals surface area contributed by atoms with E-state index in [1.54, 1.807) is 10.6 Å². The Kier molecular flexibility index (Phi) is 26.7. The minimum atomic E-state index is -2.37. The summed E-state index contributed by atoms with van der Waals surface area (Å²) in [5.74, 6) is -23.0. The van der Waals surface area contributed by atoms with Gasteiger partial charge in [-0.3, -0.25) is 67.1 Å². The molecule has 0 bridgehead atoms. The fourth-order valence-corrected chi connectivity index (χ4v) is 5.51. The predicted molar refractivity (Wildman–Crippen MR) is 223 cm³/mol. The first-order valence-electron chi connectivity index (χ1n) is 20.2. The number of nitrogens with two attached hydrogens (primary N) is 4. The lowest BCUT2D eigenvalue weighted by Gasteiger charge is -2.26. The molecule has 0 saturated carbocycles. The van der Waals surface area contributed by atoms with Crippen molar-refractivity contribution in [2.24, 2.45) is 22.9 Å². The van der Waals surface area contributed by atoms with Crippen LogP contribution in [0.5, 0.6) is 0 Å². The van der Waals surface area contributed by atoms with Gasteiger partial charge in [-0.25, -0.2) is 4.79 Å². The maximum Gasteiger partial charge on any atom is 0.326 e. The summed E-state index contributed by atoms with van der Waals surface area (Å²) in [6.45, 7) is 0.318. The van der Waals surface area contributed by atoms with E-state index in [2.05, 4.69) is 0 Å². The molecule has 0 radical (unpaired) electrons. The van der Waals surface area contributed by atoms with Gasteiger partial charge in [-0.05, 0) is 32.7 Å². The fourth-order valence-electron chi connectivity index (χ4n) is 5.51. The Bertz CT molecular complexity index is 1970. The Morgan fingerprint density at radius 1 is 0.391 bits per heavy atom. The first kappa shape index (κ1) is 60.9. The van der Waals surface area contributed by atoms with Gasteiger partial charge in [-0.2, -0.15) is 0 Å². The lowest BCUT2D eigenvalue weighted by atomic mass is 10.1. The molecule has 0 aromatic rings. The molecule has 0 rings (SSSR count). The zero-order valence-corrected chi connectivity index (χ0v) is 36.6. The zero-order valence-electron chi connectivity index (χ0n) is 36.6. The quantitative estimate of drug-likeness (QED) is 0.0266. The Morgan fingerprint density at radius 3 is 0.855 bits per heavy atom. The number of hydrogen-bond acceptors (Lipinski definition) is 18. The summed E-state index contributed by atoms with van der Waals surface area (Å²) in [7, 11) is 0. The number of carboxylic acids is 5. The predicted octanol–water partition coefficient (Wildman–Crippen LogP) is -9.93. The summed E-state index contributed by atoms with van der Waals surface area (Å²) >= 11 is 0. The first-order chi connectivity index (χ1) is 32.0. The van der Waals surface area contributed by atoms with Crippen molar-refractivity contribution in [1.29, 1.82) is 0 Å². The molecule has 0 fully saturated rings. The van der Waals surface area contributed by atoms with Gasteiger partial charge in [0.25, 0.3) is 0 Å². The monoisotopic (exact) mass is 992 g/mol. The van der Waals surface area contributed by atoms with Gasteiger partial charge >= 0.3 is 29.8 Å². The molecule has 0 spiro atoms. The molecule has 386 valence electrons. The number of carbonyl (C=O) groups is 15. The van der Waals surface area contributed by atoms with Crippen LogP contribution >= 0.6 is 0 Å². The van der Waals surface area contributed by atoms with E-state index in [1.165, 1.54) is 6.92 Å². The summed E-state index contributed by atoms with van der Waals surface area (Å²) in [6.07, 6.45) is -7.19. The number of aliphatic carboxylic acids is 5. The maximum absolute atomic E-state index is 13.5. The van der Waals surface area contributed by atoms with Gasteiger partial charge in [0.1, 0.15) is 48.3 Å². The van der Waals surface area contributed by atoms with Crippen molar-refractivity contribution in [3.8, 4) is 0 Å². The molecule has 22 N–H and O–H groups in total. The van der Waals surface area contributed by atoms with Gasteiger partial charge < -0.3 is 96.1 Å². The van der Waals surface area contributed by atoms with E-state index in [1.807, 2.05) is 31.9 Å². The third kappa shape index (κ3) is 24.3. The summed E-state index contributed by atoms with van der Waals surface area (Å²) in [4.78, 5) is 187. The summed E-state index contributed by atoms with van der Waals surface area (Å²) in [5, 5.41) is 72.2. The van der Waals surface area contributed by atoms with Crippen molar-refractivity contribution in [2.75, 3.05) is 13.2 Å². The molecule has 0 saturated heterocycles. The molecule has 10 amide bonds. The molecule has 0 unspecified atom stereocenters. The van der Waals surface area contributed by atoms with Gasteiger partial charge in [0.2, 0.25) is 59.1 Å². The summed E-state index contributed by atoms with van der Waals surface area (Å²) < 4.78 is 0. The van der Waals surface area contributed by atoms with E-state index in [9.17, 15) is 103 Å². The normalized spacial score (nSPS) is 14.6. The molecule has 33 heteroatoms. The summed E-state index contributed by atoms with van der Waals surface area (Å²) in [5.41, 5.74) is 21.2. The van der Waals surface area contributed by atoms with E-state index < -0.39 is 188 Å². The minimum absolute atomic E-state index is 0.161. The van der Waals surface area contributed by atoms with Crippen molar-refractivity contribution < 1.29 is 103 Å². The average molecular weight is 993 g/mol. The van der Waals surface area contributed by atoms with Crippen molar-refractivity contribution in [3.05, 3.63) is 0 Å². The Balaban J connectivity index is 6.62. The van der Waals surface area contributed by atoms with Gasteiger partial charge in [-0.1, -0.05) is 0 Å². The van der Waals surface area contributed by atoms with Gasteiger partial charge in [-0.15, -0.1) is 0 Å². The standard InChI is InChI=1S/C36H56N12O21/c1-13(38)28(60)48-21(12-49)35(67)43-16(7-23(40)51)29(61)42-15(6-22(39)50)30(62)44-18(9-25(54)55)32(64)46-20(11-27(58)59)34(66)47-19(10-26(56)57)33(65)45-17(8-24(52)53)31(63)41-14(36(68)69)4-2-3-5-37/h13-21,49H,2-12,37-38H2,1H3,(H2,39,50)(H2,40,51)(H,41,63)(H,42,61)(H,43,67)(H,44,62)(H,45,65)(H,46,64)(H,47,66)(H,48,60)(H,52,53)(H,54,55)(H,56,57)(H,58,59)(H,68,69)/t13-,14-,15-,16-,17-,18-,19-,20-,21-/m0/s1. The molecule has 0 aliphatic carbocycles. The van der Waals surface area contributed by atoms with Gasteiger partial charge in [0, 0.05) is 0 Å². The highest BCUT2D eigenvalue weighted by atomic mass is 16.4. The number of aliphatic hydroxyl groups excluding tert-OH is 1. The highest BCUT2D eigenvalue weighted by Gasteiger charge is 2.37. The largest absolute Gasteiger partial charge is 0.481 e. The second-order valence-corrected chi connectivity index (χ2v) is 14.8. The van der Waals surface area contributed by atoms with Crippen molar-refractivity contribution in [1.82, 2.24) is 42.5 Å². The number of aliphatic hydroxyl groups is 1. The molecule has 0 aliphatic rings. The Hall–Kier alpha value is -8.07. The lowest BCUT2D eigenvalue weighted by molar-refractivity contribution is -0.145. The van der Waals surface area contributed by atoms with Crippen LogP contribution in [0.1, 0.15) is 64.7 Å². The number of amides is 10. The molecule has 0 aromatic heterocycles. The number of carbonyl (C=O) groups excluding carboxylic acids is 10. The third-order valence-electron chi connectivity index (χ3n) is 8.91. The molecular weight excluding hydrogens is 936 g/mol. The lowest BCUT2D eigenvalue weighted by Crippen LogP contribution is -2.61. The Labute approximate surface area is 388 Å². The van der Waals surface area contributed by atoms with Crippen LogP contribution in [0.4, 0.5) is 0 Å². The molecule has 0 heterocycles. The minimum Gasteiger partial charge on any atom is -0.481 e. The van der Waals surface area contributed by atoms with E-state index in [0.717, 1.165) is 0 Å². The van der Waals surface area contributed by atoms with E-state index in [-0.39, 0.29) is 19.4 Å². The Morgan fingerprint density at radius 2 is 0.638 bits per heavy atom. The number of primary amides is 2. The van der Waals surface area contributed by atoms with Crippen molar-refractivity contribution >= 4 is 88.9 Å². The average Bonchev–Trinajstić information content (AvgIpc) is 3.22. The molecule has 33 nitrogen and oxygen atoms in total. The van der Waals surface area contributed by atoms with Crippen LogP contribution in [-0.2, 0) is 71.9 Å². The van der Waals surface area contributed by atoms with E-state index >= 15 is 0 Å².